The molecule has 2 atom stereocenters. The van der Waals surface area contributed by atoms with Crippen LogP contribution in [0.2, 0.25) is 0 Å². The van der Waals surface area contributed by atoms with Gasteiger partial charge in [0, 0.05) is 12.8 Å². The van der Waals surface area contributed by atoms with Gasteiger partial charge in [0.1, 0.15) is 13.2 Å². The maximum Gasteiger partial charge on any atom is 0.361 e. The second-order valence-corrected chi connectivity index (χ2v) is 31.2. The predicted molar refractivity (Wildman–Crippen MR) is 433 cm³/mol. The van der Waals surface area contributed by atoms with Crippen LogP contribution in [0.25, 0.3) is 0 Å². The topological polar surface area (TPSA) is 108 Å². The highest BCUT2D eigenvalue weighted by Crippen LogP contribution is 2.21. The fourth-order valence-electron chi connectivity index (χ4n) is 13.4. The number of nitrogens with zero attached hydrogens (tertiary/aromatic N) is 1. The van der Waals surface area contributed by atoms with Crippen LogP contribution in [0.4, 0.5) is 0 Å². The molecule has 1 N–H and O–H groups in total. The summed E-state index contributed by atoms with van der Waals surface area (Å²) in [4.78, 5) is 37.8. The Hall–Kier alpha value is -3.01. The van der Waals surface area contributed by atoms with Gasteiger partial charge in [0.25, 0.3) is 6.29 Å². The first-order valence-corrected chi connectivity index (χ1v) is 44.0. The standard InChI is InChI=1S/C91H169NO8/c1-6-8-10-12-14-16-18-20-22-24-26-28-30-32-34-36-38-40-42-44-46-47-49-51-53-55-57-59-61-63-65-67-69-71-73-75-77-79-81-88(93)98-85-87(86-99-91(90(95)96)97-84-83-92(3,4)5)100-89(94)82-80-78-76-74-72-70-68-66-64-62-60-58-56-54-52-50-48-45-43-41-39-37-35-33-31-29-27-25-23-21-19-17-15-13-11-9-7-2/h9,11,15,17,21,23,27,29,33,35,87,91H,6-8,10,12-14,16,18-20,22,24-26,28,30-32,34,36-86H2,1-5H3/p+1/b11-9-,17-15-,23-21-,29-27-,35-33-. The Morgan fingerprint density at radius 2 is 0.570 bits per heavy atom. The molecule has 0 radical (unpaired) electrons. The fraction of sp³-hybridized carbons (Fsp3) is 0.857. The maximum atomic E-state index is 13.0. The van der Waals surface area contributed by atoms with Gasteiger partial charge in [-0.25, -0.2) is 4.79 Å². The first-order chi connectivity index (χ1) is 49.1. The highest BCUT2D eigenvalue weighted by molar-refractivity contribution is 5.71. The molecule has 0 saturated carbocycles. The number of aliphatic carboxylic acids is 1. The number of allylic oxidation sites excluding steroid dienone is 10. The SMILES string of the molecule is CC/C=C\C/C=C\C/C=C\C/C=C\C/C=C\CCCCCCCCCCCCCCCCCCCCCCCC(=O)OC(COC(=O)CCCCCCCCCCCCCCCCCCCCCCCCCCCCCCCCCCCCCCCC)COC(OCC[N+](C)(C)C)C(=O)O. The molecule has 0 spiro atoms. The van der Waals surface area contributed by atoms with Crippen molar-refractivity contribution in [3.8, 4) is 0 Å². The van der Waals surface area contributed by atoms with E-state index in [4.69, 9.17) is 18.9 Å². The molecule has 0 aliphatic carbocycles. The van der Waals surface area contributed by atoms with Crippen molar-refractivity contribution in [1.29, 1.82) is 0 Å². The van der Waals surface area contributed by atoms with Gasteiger partial charge in [-0.3, -0.25) is 9.59 Å². The van der Waals surface area contributed by atoms with Gasteiger partial charge in [-0.1, -0.05) is 434 Å². The van der Waals surface area contributed by atoms with Gasteiger partial charge >= 0.3 is 17.9 Å². The normalized spacial score (nSPS) is 12.8. The molecule has 0 fully saturated rings. The van der Waals surface area contributed by atoms with Gasteiger partial charge in [-0.05, 0) is 57.8 Å². The van der Waals surface area contributed by atoms with Gasteiger partial charge in [0.15, 0.2) is 6.10 Å². The minimum atomic E-state index is -1.51. The Bertz CT molecular complexity index is 1830. The summed E-state index contributed by atoms with van der Waals surface area (Å²) in [5.41, 5.74) is 0. The second kappa shape index (κ2) is 81.7. The van der Waals surface area contributed by atoms with E-state index in [2.05, 4.69) is 74.6 Å². The van der Waals surface area contributed by atoms with Gasteiger partial charge in [-0.15, -0.1) is 0 Å². The van der Waals surface area contributed by atoms with Gasteiger partial charge < -0.3 is 28.5 Å². The summed E-state index contributed by atoms with van der Waals surface area (Å²) in [6, 6.07) is 0. The minimum Gasteiger partial charge on any atom is -0.477 e. The number of carboxylic acid groups (broad SMARTS) is 1. The van der Waals surface area contributed by atoms with E-state index in [-0.39, 0.29) is 38.2 Å². The lowest BCUT2D eigenvalue weighted by Crippen LogP contribution is -2.40. The number of esters is 2. The lowest BCUT2D eigenvalue weighted by molar-refractivity contribution is -0.870. The predicted octanol–water partition coefficient (Wildman–Crippen LogP) is 28.5. The van der Waals surface area contributed by atoms with Crippen molar-refractivity contribution in [2.75, 3.05) is 47.5 Å². The summed E-state index contributed by atoms with van der Waals surface area (Å²) in [6.07, 6.45) is 107. The number of rotatable bonds is 83. The van der Waals surface area contributed by atoms with Crippen LogP contribution < -0.4 is 0 Å². The molecular formula is C91H170NO8+. The highest BCUT2D eigenvalue weighted by Gasteiger charge is 2.25. The first-order valence-electron chi connectivity index (χ1n) is 44.0. The summed E-state index contributed by atoms with van der Waals surface area (Å²) in [7, 11) is 6.00. The molecule has 0 aliphatic heterocycles. The molecule has 0 aromatic heterocycles. The Balaban J connectivity index is 3.91. The van der Waals surface area contributed by atoms with E-state index < -0.39 is 18.4 Å². The number of ether oxygens (including phenoxy) is 4. The number of unbranched alkanes of at least 4 members (excludes halogenated alkanes) is 58. The van der Waals surface area contributed by atoms with Crippen molar-refractivity contribution in [3.05, 3.63) is 60.8 Å². The molecule has 2 unspecified atom stereocenters. The third-order valence-electron chi connectivity index (χ3n) is 20.0. The number of carboxylic acids is 1. The third-order valence-corrected chi connectivity index (χ3v) is 20.0. The maximum absolute atomic E-state index is 13.0. The number of carbonyl (C=O) groups is 3. The summed E-state index contributed by atoms with van der Waals surface area (Å²) >= 11 is 0. The van der Waals surface area contributed by atoms with Gasteiger partial charge in [0.2, 0.25) is 0 Å². The molecule has 586 valence electrons. The molecule has 0 aromatic rings. The number of hydrogen-bond donors (Lipinski definition) is 1. The van der Waals surface area contributed by atoms with E-state index in [0.717, 1.165) is 70.6 Å². The molecule has 0 aromatic carbocycles. The quantitative estimate of drug-likeness (QED) is 0.0211. The molecule has 0 bridgehead atoms. The van der Waals surface area contributed by atoms with E-state index in [1.165, 1.54) is 347 Å². The van der Waals surface area contributed by atoms with Crippen LogP contribution in [-0.4, -0.2) is 87.4 Å². The number of hydrogen-bond acceptors (Lipinski definition) is 7. The van der Waals surface area contributed by atoms with E-state index in [1.54, 1.807) is 0 Å². The molecule has 0 amide bonds. The molecule has 100 heavy (non-hydrogen) atoms. The molecule has 9 nitrogen and oxygen atoms in total. The van der Waals surface area contributed by atoms with E-state index in [1.807, 2.05) is 21.1 Å². The lowest BCUT2D eigenvalue weighted by atomic mass is 10.0. The molecule has 0 aliphatic rings. The summed E-state index contributed by atoms with van der Waals surface area (Å²) in [5, 5.41) is 9.79. The monoisotopic (exact) mass is 1410 g/mol. The Labute approximate surface area is 622 Å². The first kappa shape index (κ1) is 97.0. The fourth-order valence-corrected chi connectivity index (χ4v) is 13.4. The molecular weight excluding hydrogens is 1230 g/mol. The van der Waals surface area contributed by atoms with Crippen LogP contribution in [0, 0.1) is 0 Å². The summed E-state index contributed by atoms with van der Waals surface area (Å²) < 4.78 is 23.1. The summed E-state index contributed by atoms with van der Waals surface area (Å²) in [6.45, 7) is 4.85. The molecule has 9 heteroatoms. The zero-order valence-electron chi connectivity index (χ0n) is 67.4. The Kier molecular flexibility index (Phi) is 79.2. The number of likely N-dealkylation sites (N-methyl/N-ethyl adjacent to an activating group) is 1. The van der Waals surface area contributed by atoms with Crippen molar-refractivity contribution < 1.29 is 42.9 Å². The van der Waals surface area contributed by atoms with E-state index in [9.17, 15) is 19.5 Å². The second-order valence-electron chi connectivity index (χ2n) is 31.2. The minimum absolute atomic E-state index is 0.176. The van der Waals surface area contributed by atoms with Gasteiger partial charge in [0.05, 0.1) is 34.4 Å². The van der Waals surface area contributed by atoms with Crippen molar-refractivity contribution in [1.82, 2.24) is 0 Å². The van der Waals surface area contributed by atoms with Crippen LogP contribution in [0.3, 0.4) is 0 Å². The molecule has 0 rings (SSSR count). The Morgan fingerprint density at radius 1 is 0.310 bits per heavy atom. The zero-order chi connectivity index (χ0) is 72.5. The average Bonchev–Trinajstić information content (AvgIpc) is 1.14. The largest absolute Gasteiger partial charge is 0.477 e. The highest BCUT2D eigenvalue weighted by atomic mass is 16.7. The van der Waals surface area contributed by atoms with Crippen molar-refractivity contribution in [2.45, 2.75) is 456 Å². The van der Waals surface area contributed by atoms with Crippen LogP contribution in [-0.2, 0) is 33.3 Å². The van der Waals surface area contributed by atoms with Crippen molar-refractivity contribution in [3.63, 3.8) is 0 Å². The zero-order valence-corrected chi connectivity index (χ0v) is 67.4. The number of carbonyl (C=O) groups excluding carboxylic acids is 2. The van der Waals surface area contributed by atoms with Crippen LogP contribution in [0.1, 0.15) is 444 Å². The Morgan fingerprint density at radius 3 is 0.850 bits per heavy atom. The average molecular weight is 1410 g/mol. The van der Waals surface area contributed by atoms with Crippen LogP contribution in [0.15, 0.2) is 60.8 Å². The van der Waals surface area contributed by atoms with Crippen LogP contribution in [0.5, 0.6) is 0 Å². The molecule has 0 saturated heterocycles. The van der Waals surface area contributed by atoms with Crippen molar-refractivity contribution in [2.24, 2.45) is 0 Å². The molecule has 0 heterocycles. The smallest absolute Gasteiger partial charge is 0.361 e. The lowest BCUT2D eigenvalue weighted by Gasteiger charge is -2.25. The third kappa shape index (κ3) is 82.3. The van der Waals surface area contributed by atoms with Gasteiger partial charge in [-0.2, -0.15) is 0 Å². The van der Waals surface area contributed by atoms with Crippen LogP contribution >= 0.6 is 0 Å². The van der Waals surface area contributed by atoms with Crippen molar-refractivity contribution >= 4 is 17.9 Å². The summed E-state index contributed by atoms with van der Waals surface area (Å²) in [5.74, 6) is -1.97. The van der Waals surface area contributed by atoms with E-state index >= 15 is 0 Å². The number of quaternary nitrogens is 1. The van der Waals surface area contributed by atoms with E-state index in [0.29, 0.717) is 17.4 Å².